The van der Waals surface area contributed by atoms with Crippen LogP contribution in [0, 0.1) is 0 Å². The van der Waals surface area contributed by atoms with Gasteiger partial charge in [-0.3, -0.25) is 0 Å². The van der Waals surface area contributed by atoms with E-state index < -0.39 is 10.0 Å². The van der Waals surface area contributed by atoms with Gasteiger partial charge in [-0.25, -0.2) is 13.6 Å². The van der Waals surface area contributed by atoms with Crippen LogP contribution in [0.1, 0.15) is 0 Å². The van der Waals surface area contributed by atoms with Gasteiger partial charge < -0.3 is 10.4 Å². The lowest BCUT2D eigenvalue weighted by Gasteiger charge is -2.06. The van der Waals surface area contributed by atoms with Gasteiger partial charge >= 0.3 is 0 Å². The van der Waals surface area contributed by atoms with Crippen LogP contribution in [0.4, 0.5) is 5.69 Å². The number of nitrogens with two attached hydrogens (primary N) is 1. The Labute approximate surface area is 76.2 Å². The van der Waals surface area contributed by atoms with Crippen molar-refractivity contribution in [3.8, 4) is 5.75 Å². The molecule has 0 aromatic heterocycles. The highest BCUT2D eigenvalue weighted by molar-refractivity contribution is 7.89. The Morgan fingerprint density at radius 2 is 2.08 bits per heavy atom. The number of sulfonamides is 1. The van der Waals surface area contributed by atoms with Crippen LogP contribution in [-0.4, -0.2) is 20.6 Å². The van der Waals surface area contributed by atoms with Gasteiger partial charge in [0.2, 0.25) is 10.0 Å². The first-order valence-electron chi connectivity index (χ1n) is 3.49. The minimum atomic E-state index is -3.86. The maximum atomic E-state index is 10.9. The number of hydrogen-bond donors (Lipinski definition) is 3. The Hall–Kier alpha value is -1.27. The molecule has 0 fully saturated rings. The summed E-state index contributed by atoms with van der Waals surface area (Å²) in [5.41, 5.74) is 0.325. The fourth-order valence-corrected chi connectivity index (χ4v) is 1.60. The Bertz CT molecular complexity index is 414. The zero-order valence-corrected chi connectivity index (χ0v) is 7.80. The molecule has 0 spiro atoms. The van der Waals surface area contributed by atoms with Crippen LogP contribution in [0.2, 0.25) is 0 Å². The second kappa shape index (κ2) is 3.23. The van der Waals surface area contributed by atoms with Crippen molar-refractivity contribution in [2.24, 2.45) is 5.14 Å². The first-order valence-corrected chi connectivity index (χ1v) is 5.04. The molecule has 4 N–H and O–H groups in total. The van der Waals surface area contributed by atoms with Crippen molar-refractivity contribution < 1.29 is 13.5 Å². The van der Waals surface area contributed by atoms with Gasteiger partial charge in [-0.15, -0.1) is 0 Å². The molecule has 0 heterocycles. The molecule has 0 aliphatic heterocycles. The molecular weight excluding hydrogens is 192 g/mol. The van der Waals surface area contributed by atoms with Crippen LogP contribution in [0.25, 0.3) is 0 Å². The number of aromatic hydroxyl groups is 1. The molecule has 0 atom stereocenters. The number of primary sulfonamides is 1. The van der Waals surface area contributed by atoms with Gasteiger partial charge in [-0.05, 0) is 12.1 Å². The molecule has 6 heteroatoms. The SMILES string of the molecule is CNc1cccc(S(N)(=O)=O)c1O. The van der Waals surface area contributed by atoms with E-state index in [0.717, 1.165) is 0 Å². The van der Waals surface area contributed by atoms with Gasteiger partial charge in [0.25, 0.3) is 0 Å². The van der Waals surface area contributed by atoms with Gasteiger partial charge in [-0.2, -0.15) is 0 Å². The molecule has 0 bridgehead atoms. The predicted molar refractivity (Wildman–Crippen MR) is 49.0 cm³/mol. The summed E-state index contributed by atoms with van der Waals surface area (Å²) >= 11 is 0. The number of hydrogen-bond acceptors (Lipinski definition) is 4. The maximum Gasteiger partial charge on any atom is 0.241 e. The molecule has 0 saturated heterocycles. The van der Waals surface area contributed by atoms with E-state index in [4.69, 9.17) is 5.14 Å². The van der Waals surface area contributed by atoms with E-state index >= 15 is 0 Å². The number of benzene rings is 1. The summed E-state index contributed by atoms with van der Waals surface area (Å²) in [5, 5.41) is 16.9. The average Bonchev–Trinajstić information content (AvgIpc) is 2.02. The molecule has 5 nitrogen and oxygen atoms in total. The maximum absolute atomic E-state index is 10.9. The fourth-order valence-electron chi connectivity index (χ4n) is 0.954. The van der Waals surface area contributed by atoms with Gasteiger partial charge in [0.05, 0.1) is 5.69 Å². The second-order valence-corrected chi connectivity index (χ2v) is 3.98. The first-order chi connectivity index (χ1) is 5.96. The van der Waals surface area contributed by atoms with Crippen molar-refractivity contribution in [3.63, 3.8) is 0 Å². The number of phenolic OH excluding ortho intramolecular Hbond substituents is 1. The Morgan fingerprint density at radius 3 is 2.54 bits per heavy atom. The average molecular weight is 202 g/mol. The second-order valence-electron chi connectivity index (χ2n) is 2.45. The summed E-state index contributed by atoms with van der Waals surface area (Å²) in [4.78, 5) is -0.278. The normalized spacial score (nSPS) is 11.2. The summed E-state index contributed by atoms with van der Waals surface area (Å²) in [6, 6.07) is 4.28. The molecular formula is C7H10N2O3S. The van der Waals surface area contributed by atoms with Gasteiger partial charge in [-0.1, -0.05) is 6.07 Å². The van der Waals surface area contributed by atoms with E-state index in [1.165, 1.54) is 12.1 Å². The standard InChI is InChI=1S/C7H10N2O3S/c1-9-5-3-2-4-6(7(5)10)13(8,11)12/h2-4,9-10H,1H3,(H2,8,11,12). The lowest BCUT2D eigenvalue weighted by atomic mass is 10.3. The molecule has 0 aliphatic carbocycles. The molecule has 0 amide bonds. The monoisotopic (exact) mass is 202 g/mol. The third-order valence-corrected chi connectivity index (χ3v) is 2.52. The van der Waals surface area contributed by atoms with Gasteiger partial charge in [0, 0.05) is 7.05 Å². The van der Waals surface area contributed by atoms with Crippen LogP contribution in [0.5, 0.6) is 5.75 Å². The van der Waals surface area contributed by atoms with Gasteiger partial charge in [0.1, 0.15) is 4.90 Å². The first kappa shape index (κ1) is 9.82. The van der Waals surface area contributed by atoms with E-state index in [-0.39, 0.29) is 10.6 Å². The molecule has 0 saturated carbocycles. The summed E-state index contributed by atoms with van der Waals surface area (Å²) in [7, 11) is -2.28. The molecule has 1 rings (SSSR count). The van der Waals surface area contributed by atoms with Crippen molar-refractivity contribution in [2.75, 3.05) is 12.4 Å². The number of para-hydroxylation sites is 1. The van der Waals surface area contributed by atoms with Crippen LogP contribution in [0.15, 0.2) is 23.1 Å². The molecule has 1 aromatic carbocycles. The van der Waals surface area contributed by atoms with Crippen molar-refractivity contribution >= 4 is 15.7 Å². The molecule has 1 aromatic rings. The van der Waals surface area contributed by atoms with Crippen LogP contribution in [0.3, 0.4) is 0 Å². The molecule has 0 aliphatic rings. The zero-order chi connectivity index (χ0) is 10.1. The quantitative estimate of drug-likeness (QED) is 0.592. The lowest BCUT2D eigenvalue weighted by molar-refractivity contribution is 0.461. The molecule has 72 valence electrons. The summed E-state index contributed by atoms with van der Waals surface area (Å²) < 4.78 is 21.8. The summed E-state index contributed by atoms with van der Waals surface area (Å²) in [6.07, 6.45) is 0. The van der Waals surface area contributed by atoms with Crippen molar-refractivity contribution in [3.05, 3.63) is 18.2 Å². The largest absolute Gasteiger partial charge is 0.504 e. The highest BCUT2D eigenvalue weighted by Crippen LogP contribution is 2.29. The summed E-state index contributed by atoms with van der Waals surface area (Å²) in [5.74, 6) is -0.354. The van der Waals surface area contributed by atoms with E-state index in [1.54, 1.807) is 13.1 Å². The van der Waals surface area contributed by atoms with E-state index in [9.17, 15) is 13.5 Å². The summed E-state index contributed by atoms with van der Waals surface area (Å²) in [6.45, 7) is 0. The van der Waals surface area contributed by atoms with E-state index in [0.29, 0.717) is 5.69 Å². The molecule has 13 heavy (non-hydrogen) atoms. The number of nitrogens with one attached hydrogen (secondary N) is 1. The minimum Gasteiger partial charge on any atom is -0.504 e. The van der Waals surface area contributed by atoms with Crippen LogP contribution >= 0.6 is 0 Å². The van der Waals surface area contributed by atoms with Gasteiger partial charge in [0.15, 0.2) is 5.75 Å². The number of rotatable bonds is 2. The third-order valence-electron chi connectivity index (χ3n) is 1.57. The van der Waals surface area contributed by atoms with Crippen LogP contribution < -0.4 is 10.5 Å². The zero-order valence-electron chi connectivity index (χ0n) is 6.98. The molecule has 0 unspecified atom stereocenters. The Kier molecular flexibility index (Phi) is 2.44. The van der Waals surface area contributed by atoms with E-state index in [2.05, 4.69) is 5.32 Å². The third kappa shape index (κ3) is 1.90. The Balaban J connectivity index is 3.41. The van der Waals surface area contributed by atoms with Crippen LogP contribution in [-0.2, 0) is 10.0 Å². The molecule has 0 radical (unpaired) electrons. The highest BCUT2D eigenvalue weighted by Gasteiger charge is 2.15. The number of phenols is 1. The topological polar surface area (TPSA) is 92.4 Å². The van der Waals surface area contributed by atoms with Crippen molar-refractivity contribution in [2.45, 2.75) is 4.90 Å². The van der Waals surface area contributed by atoms with Crippen molar-refractivity contribution in [1.82, 2.24) is 0 Å². The minimum absolute atomic E-state index is 0.278. The Morgan fingerprint density at radius 1 is 1.46 bits per heavy atom. The number of anilines is 1. The van der Waals surface area contributed by atoms with E-state index in [1.807, 2.05) is 0 Å². The predicted octanol–water partition coefficient (Wildman–Crippen LogP) is 0.0813. The van der Waals surface area contributed by atoms with Crippen molar-refractivity contribution in [1.29, 1.82) is 0 Å². The smallest absolute Gasteiger partial charge is 0.241 e. The lowest BCUT2D eigenvalue weighted by Crippen LogP contribution is -2.12. The highest BCUT2D eigenvalue weighted by atomic mass is 32.2. The fraction of sp³-hybridized carbons (Fsp3) is 0.143.